The van der Waals surface area contributed by atoms with Crippen molar-refractivity contribution in [3.05, 3.63) is 0 Å². The molecule has 1 unspecified atom stereocenters. The predicted octanol–water partition coefficient (Wildman–Crippen LogP) is 2.26. The Morgan fingerprint density at radius 1 is 1.42 bits per heavy atom. The number of nitrogens with two attached hydrogens (primary N) is 1. The van der Waals surface area contributed by atoms with Gasteiger partial charge in [0.25, 0.3) is 0 Å². The monoisotopic (exact) mass is 185 g/mol. The molecule has 0 amide bonds. The topological polar surface area (TPSA) is 26.0 Å². The lowest BCUT2D eigenvalue weighted by atomic mass is 9.75. The van der Waals surface area contributed by atoms with Gasteiger partial charge in [0.1, 0.15) is 0 Å². The third kappa shape index (κ3) is 1.20. The summed E-state index contributed by atoms with van der Waals surface area (Å²) in [6.45, 7) is 4.42. The van der Waals surface area contributed by atoms with Crippen molar-refractivity contribution in [1.82, 2.24) is 0 Å². The Hall–Kier alpha value is 0.310. The van der Waals surface area contributed by atoms with Gasteiger partial charge in [0.05, 0.1) is 0 Å². The molecule has 0 aromatic carbocycles. The van der Waals surface area contributed by atoms with Gasteiger partial charge in [-0.05, 0) is 55.9 Å². The third-order valence-electron chi connectivity index (χ3n) is 3.78. The van der Waals surface area contributed by atoms with Crippen LogP contribution >= 0.6 is 11.8 Å². The molecule has 0 aromatic rings. The minimum atomic E-state index is 0.0581. The maximum absolute atomic E-state index is 6.25. The molecule has 70 valence electrons. The number of hydrogen-bond donors (Lipinski definition) is 1. The van der Waals surface area contributed by atoms with Crippen LogP contribution in [-0.4, -0.2) is 17.0 Å². The molecule has 0 aromatic heterocycles. The van der Waals surface area contributed by atoms with Crippen molar-refractivity contribution in [2.45, 2.75) is 38.6 Å². The Labute approximate surface area is 79.5 Å². The minimum Gasteiger partial charge on any atom is -0.325 e. The van der Waals surface area contributed by atoms with E-state index >= 15 is 0 Å². The minimum absolute atomic E-state index is 0.0581. The van der Waals surface area contributed by atoms with Crippen molar-refractivity contribution in [2.75, 3.05) is 11.5 Å². The van der Waals surface area contributed by atoms with E-state index in [2.05, 4.69) is 25.6 Å². The van der Waals surface area contributed by atoms with Crippen LogP contribution < -0.4 is 5.73 Å². The molecule has 2 aliphatic rings. The van der Waals surface area contributed by atoms with Crippen LogP contribution in [0.15, 0.2) is 0 Å². The van der Waals surface area contributed by atoms with E-state index in [1.54, 1.807) is 0 Å². The fourth-order valence-corrected chi connectivity index (χ4v) is 4.07. The Morgan fingerprint density at radius 3 is 2.42 bits per heavy atom. The van der Waals surface area contributed by atoms with Crippen LogP contribution in [0.4, 0.5) is 0 Å². The molecule has 2 fully saturated rings. The molecule has 1 saturated carbocycles. The Balaban J connectivity index is 2.10. The van der Waals surface area contributed by atoms with E-state index in [0.29, 0.717) is 5.41 Å². The Morgan fingerprint density at radius 2 is 2.08 bits per heavy atom. The van der Waals surface area contributed by atoms with Crippen LogP contribution in [0.25, 0.3) is 0 Å². The summed E-state index contributed by atoms with van der Waals surface area (Å²) in [6.07, 6.45) is 4.16. The zero-order chi connectivity index (χ0) is 8.82. The van der Waals surface area contributed by atoms with Gasteiger partial charge < -0.3 is 5.73 Å². The maximum Gasteiger partial charge on any atom is 0.0157 e. The summed E-state index contributed by atoms with van der Waals surface area (Å²) in [5.74, 6) is 3.64. The SMILES string of the molecule is CC(C)(N)C1(C2CCSC2)CC1. The van der Waals surface area contributed by atoms with Gasteiger partial charge >= 0.3 is 0 Å². The van der Waals surface area contributed by atoms with E-state index < -0.39 is 0 Å². The average molecular weight is 185 g/mol. The molecule has 1 saturated heterocycles. The van der Waals surface area contributed by atoms with Crippen molar-refractivity contribution in [3.8, 4) is 0 Å². The molecule has 0 radical (unpaired) electrons. The quantitative estimate of drug-likeness (QED) is 0.714. The zero-order valence-corrected chi connectivity index (χ0v) is 8.91. The third-order valence-corrected chi connectivity index (χ3v) is 4.95. The van der Waals surface area contributed by atoms with E-state index in [-0.39, 0.29) is 5.54 Å². The second kappa shape index (κ2) is 2.65. The average Bonchev–Trinajstić information content (AvgIpc) is 2.61. The summed E-state index contributed by atoms with van der Waals surface area (Å²) in [4.78, 5) is 0. The lowest BCUT2D eigenvalue weighted by molar-refractivity contribution is 0.207. The number of thioether (sulfide) groups is 1. The molecule has 1 heterocycles. The Bertz CT molecular complexity index is 173. The molecule has 2 heteroatoms. The van der Waals surface area contributed by atoms with Gasteiger partial charge in [0, 0.05) is 5.54 Å². The van der Waals surface area contributed by atoms with Gasteiger partial charge in [-0.3, -0.25) is 0 Å². The molecule has 1 aliphatic carbocycles. The highest BCUT2D eigenvalue weighted by Gasteiger charge is 2.57. The summed E-state index contributed by atoms with van der Waals surface area (Å²) < 4.78 is 0. The van der Waals surface area contributed by atoms with Gasteiger partial charge in [-0.15, -0.1) is 0 Å². The highest BCUT2D eigenvalue weighted by atomic mass is 32.2. The second-order valence-corrected chi connectivity index (χ2v) is 6.09. The fourth-order valence-electron chi connectivity index (χ4n) is 2.68. The summed E-state index contributed by atoms with van der Waals surface area (Å²) in [5, 5.41) is 0. The van der Waals surface area contributed by atoms with Crippen LogP contribution in [0, 0.1) is 11.3 Å². The number of hydrogen-bond acceptors (Lipinski definition) is 2. The van der Waals surface area contributed by atoms with Crippen LogP contribution in [0.3, 0.4) is 0 Å². The first-order chi connectivity index (χ1) is 5.56. The highest BCUT2D eigenvalue weighted by Crippen LogP contribution is 2.61. The van der Waals surface area contributed by atoms with Crippen molar-refractivity contribution in [3.63, 3.8) is 0 Å². The molecule has 1 nitrogen and oxygen atoms in total. The van der Waals surface area contributed by atoms with Crippen LogP contribution in [0.1, 0.15) is 33.1 Å². The lowest BCUT2D eigenvalue weighted by Gasteiger charge is -2.35. The number of rotatable bonds is 2. The van der Waals surface area contributed by atoms with Crippen molar-refractivity contribution in [2.24, 2.45) is 17.1 Å². The predicted molar refractivity (Wildman–Crippen MR) is 55.4 cm³/mol. The second-order valence-electron chi connectivity index (χ2n) is 4.94. The van der Waals surface area contributed by atoms with Crippen molar-refractivity contribution >= 4 is 11.8 Å². The van der Waals surface area contributed by atoms with Gasteiger partial charge in [0.2, 0.25) is 0 Å². The fraction of sp³-hybridized carbons (Fsp3) is 1.00. The lowest BCUT2D eigenvalue weighted by Crippen LogP contribution is -2.46. The summed E-state index contributed by atoms with van der Waals surface area (Å²) >= 11 is 2.11. The van der Waals surface area contributed by atoms with Gasteiger partial charge in [0.15, 0.2) is 0 Å². The molecular formula is C10H19NS. The molecule has 0 bridgehead atoms. The summed E-state index contributed by atoms with van der Waals surface area (Å²) in [5.41, 5.74) is 6.83. The first-order valence-corrected chi connectivity index (χ1v) is 6.08. The smallest absolute Gasteiger partial charge is 0.0157 e. The summed E-state index contributed by atoms with van der Waals surface area (Å²) in [6, 6.07) is 0. The molecule has 12 heavy (non-hydrogen) atoms. The normalized spacial score (nSPS) is 33.8. The van der Waals surface area contributed by atoms with Crippen LogP contribution in [0.5, 0.6) is 0 Å². The molecule has 1 aliphatic heterocycles. The van der Waals surface area contributed by atoms with Crippen molar-refractivity contribution < 1.29 is 0 Å². The molecular weight excluding hydrogens is 166 g/mol. The molecule has 0 spiro atoms. The Kier molecular flexibility index (Phi) is 1.96. The standard InChI is InChI=1S/C10H19NS/c1-9(2,11)10(4-5-10)8-3-6-12-7-8/h8H,3-7,11H2,1-2H3. The molecule has 1 atom stereocenters. The van der Waals surface area contributed by atoms with Gasteiger partial charge in [-0.1, -0.05) is 0 Å². The van der Waals surface area contributed by atoms with Crippen molar-refractivity contribution in [1.29, 1.82) is 0 Å². The van der Waals surface area contributed by atoms with Crippen LogP contribution in [0.2, 0.25) is 0 Å². The molecule has 2 N–H and O–H groups in total. The van der Waals surface area contributed by atoms with E-state index in [1.807, 2.05) is 0 Å². The zero-order valence-electron chi connectivity index (χ0n) is 8.10. The van der Waals surface area contributed by atoms with E-state index in [9.17, 15) is 0 Å². The van der Waals surface area contributed by atoms with Gasteiger partial charge in [-0.25, -0.2) is 0 Å². The van der Waals surface area contributed by atoms with E-state index in [1.165, 1.54) is 30.8 Å². The summed E-state index contributed by atoms with van der Waals surface area (Å²) in [7, 11) is 0. The van der Waals surface area contributed by atoms with Gasteiger partial charge in [-0.2, -0.15) is 11.8 Å². The van der Waals surface area contributed by atoms with E-state index in [0.717, 1.165) is 5.92 Å². The largest absolute Gasteiger partial charge is 0.325 e. The first kappa shape index (κ1) is 8.89. The van der Waals surface area contributed by atoms with E-state index in [4.69, 9.17) is 5.73 Å². The van der Waals surface area contributed by atoms with Crippen LogP contribution in [-0.2, 0) is 0 Å². The molecule has 2 rings (SSSR count). The highest BCUT2D eigenvalue weighted by molar-refractivity contribution is 7.99. The maximum atomic E-state index is 6.25. The first-order valence-electron chi connectivity index (χ1n) is 4.93.